The van der Waals surface area contributed by atoms with Gasteiger partial charge >= 0.3 is 0 Å². The van der Waals surface area contributed by atoms with Crippen molar-refractivity contribution in [3.05, 3.63) is 29.8 Å². The molecule has 0 saturated carbocycles. The molecule has 0 aliphatic carbocycles. The first kappa shape index (κ1) is 16.5. The molecule has 1 atom stereocenters. The van der Waals surface area contributed by atoms with Crippen LogP contribution in [-0.4, -0.2) is 23.6 Å². The van der Waals surface area contributed by atoms with Gasteiger partial charge in [-0.2, -0.15) is 0 Å². The smallest absolute Gasteiger partial charge is 0.220 e. The summed E-state index contributed by atoms with van der Waals surface area (Å²) in [7, 11) is 0. The molecule has 1 unspecified atom stereocenters. The fraction of sp³-hybridized carbons (Fsp3) is 0.562. The molecule has 0 aliphatic rings. The van der Waals surface area contributed by atoms with Gasteiger partial charge in [0.1, 0.15) is 5.75 Å². The van der Waals surface area contributed by atoms with Gasteiger partial charge in [0.2, 0.25) is 5.91 Å². The lowest BCUT2D eigenvalue weighted by molar-refractivity contribution is -0.121. The quantitative estimate of drug-likeness (QED) is 0.607. The van der Waals surface area contributed by atoms with E-state index in [-0.39, 0.29) is 17.7 Å². The van der Waals surface area contributed by atoms with Crippen LogP contribution >= 0.6 is 0 Å². The molecule has 0 saturated heterocycles. The second-order valence-electron chi connectivity index (χ2n) is 5.27. The number of benzene rings is 1. The molecule has 0 spiro atoms. The third kappa shape index (κ3) is 7.14. The number of hydrogen-bond donors (Lipinski definition) is 3. The zero-order valence-electron chi connectivity index (χ0n) is 12.3. The van der Waals surface area contributed by atoms with Gasteiger partial charge in [0.15, 0.2) is 0 Å². The molecule has 0 heterocycles. The highest BCUT2D eigenvalue weighted by molar-refractivity contribution is 5.76. The maximum Gasteiger partial charge on any atom is 0.220 e. The lowest BCUT2D eigenvalue weighted by Crippen LogP contribution is -2.32. The van der Waals surface area contributed by atoms with Crippen LogP contribution < -0.4 is 11.1 Å². The summed E-state index contributed by atoms with van der Waals surface area (Å²) in [6.45, 7) is 2.73. The summed E-state index contributed by atoms with van der Waals surface area (Å²) in [5.74, 6) is 0.410. The van der Waals surface area contributed by atoms with Crippen molar-refractivity contribution in [1.82, 2.24) is 5.32 Å². The zero-order chi connectivity index (χ0) is 14.8. The van der Waals surface area contributed by atoms with Gasteiger partial charge < -0.3 is 16.2 Å². The van der Waals surface area contributed by atoms with Crippen LogP contribution in [0.2, 0.25) is 0 Å². The topological polar surface area (TPSA) is 75.3 Å². The number of hydrogen-bond acceptors (Lipinski definition) is 3. The van der Waals surface area contributed by atoms with Crippen molar-refractivity contribution in [3.8, 4) is 5.75 Å². The van der Waals surface area contributed by atoms with Crippen molar-refractivity contribution in [3.63, 3.8) is 0 Å². The van der Waals surface area contributed by atoms with Crippen molar-refractivity contribution in [1.29, 1.82) is 0 Å². The van der Waals surface area contributed by atoms with Gasteiger partial charge in [-0.15, -0.1) is 0 Å². The highest BCUT2D eigenvalue weighted by Gasteiger charge is 2.07. The van der Waals surface area contributed by atoms with Crippen LogP contribution in [0.4, 0.5) is 0 Å². The fourth-order valence-corrected chi connectivity index (χ4v) is 2.07. The molecule has 0 bridgehead atoms. The Bertz CT molecular complexity index is 390. The maximum atomic E-state index is 11.7. The van der Waals surface area contributed by atoms with E-state index in [0.29, 0.717) is 13.0 Å². The second kappa shape index (κ2) is 9.37. The number of nitrogens with two attached hydrogens (primary N) is 1. The summed E-state index contributed by atoms with van der Waals surface area (Å²) in [4.78, 5) is 11.7. The number of amides is 1. The first-order valence-electron chi connectivity index (χ1n) is 7.39. The van der Waals surface area contributed by atoms with Crippen molar-refractivity contribution in [2.45, 2.75) is 51.5 Å². The van der Waals surface area contributed by atoms with Crippen LogP contribution in [0.25, 0.3) is 0 Å². The first-order valence-corrected chi connectivity index (χ1v) is 7.39. The van der Waals surface area contributed by atoms with Crippen molar-refractivity contribution < 1.29 is 9.90 Å². The number of carbonyl (C=O) groups excluding carboxylic acids is 1. The molecule has 20 heavy (non-hydrogen) atoms. The molecule has 0 radical (unpaired) electrons. The molecule has 4 nitrogen and oxygen atoms in total. The minimum absolute atomic E-state index is 0.125. The third-order valence-corrected chi connectivity index (χ3v) is 3.32. The van der Waals surface area contributed by atoms with Gasteiger partial charge in [-0.3, -0.25) is 4.79 Å². The molecule has 1 aromatic carbocycles. The molecule has 1 amide bonds. The lowest BCUT2D eigenvalue weighted by atomic mass is 10.1. The molecule has 0 aliphatic heterocycles. The van der Waals surface area contributed by atoms with E-state index in [0.717, 1.165) is 32.1 Å². The number of nitrogens with one attached hydrogen (secondary N) is 1. The molecular formula is C16H26N2O2. The number of aromatic hydroxyl groups is 1. The zero-order valence-corrected chi connectivity index (χ0v) is 12.3. The number of carbonyl (C=O) groups is 1. The number of unbranched alkanes of at least 4 members (excludes halogenated alkanes) is 2. The predicted octanol–water partition coefficient (Wildman–Crippen LogP) is 2.35. The molecule has 0 fully saturated rings. The average molecular weight is 278 g/mol. The minimum Gasteiger partial charge on any atom is -0.508 e. The first-order chi connectivity index (χ1) is 9.61. The highest BCUT2D eigenvalue weighted by Crippen LogP contribution is 2.12. The Kier molecular flexibility index (Phi) is 7.73. The second-order valence-corrected chi connectivity index (χ2v) is 5.27. The van der Waals surface area contributed by atoms with Gasteiger partial charge in [-0.05, 0) is 56.8 Å². The summed E-state index contributed by atoms with van der Waals surface area (Å²) in [5, 5.41) is 12.2. The molecule has 4 N–H and O–H groups in total. The van der Waals surface area contributed by atoms with Gasteiger partial charge in [0.05, 0.1) is 0 Å². The Morgan fingerprint density at radius 3 is 2.60 bits per heavy atom. The lowest BCUT2D eigenvalue weighted by Gasteiger charge is -2.14. The van der Waals surface area contributed by atoms with Crippen LogP contribution in [0.3, 0.4) is 0 Å². The van der Waals surface area contributed by atoms with E-state index in [1.54, 1.807) is 12.1 Å². The Morgan fingerprint density at radius 1 is 1.25 bits per heavy atom. The minimum atomic E-state index is 0.125. The monoisotopic (exact) mass is 278 g/mol. The van der Waals surface area contributed by atoms with Crippen LogP contribution in [0, 0.1) is 0 Å². The fourth-order valence-electron chi connectivity index (χ4n) is 2.07. The molecule has 0 aromatic heterocycles. The summed E-state index contributed by atoms with van der Waals surface area (Å²) >= 11 is 0. The normalized spacial score (nSPS) is 12.1. The van der Waals surface area contributed by atoms with Gasteiger partial charge in [-0.25, -0.2) is 0 Å². The molecule has 112 valence electrons. The molecule has 1 rings (SSSR count). The van der Waals surface area contributed by atoms with Gasteiger partial charge in [0.25, 0.3) is 0 Å². The van der Waals surface area contributed by atoms with E-state index in [1.807, 2.05) is 19.1 Å². The summed E-state index contributed by atoms with van der Waals surface area (Å²) < 4.78 is 0. The Morgan fingerprint density at radius 2 is 1.95 bits per heavy atom. The largest absolute Gasteiger partial charge is 0.508 e. The van der Waals surface area contributed by atoms with Crippen LogP contribution in [0.5, 0.6) is 5.75 Å². The summed E-state index contributed by atoms with van der Waals surface area (Å²) in [5.41, 5.74) is 6.59. The Labute approximate surface area is 121 Å². The van der Waals surface area contributed by atoms with Crippen molar-refractivity contribution >= 4 is 5.91 Å². The molecule has 4 heteroatoms. The SMILES string of the molecule is CC(CCc1ccc(O)cc1)NC(=O)CCCCCN. The van der Waals surface area contributed by atoms with Crippen LogP contribution in [0.15, 0.2) is 24.3 Å². The van der Waals surface area contributed by atoms with Crippen LogP contribution in [0.1, 0.15) is 44.6 Å². The summed E-state index contributed by atoms with van der Waals surface area (Å²) in [6.07, 6.45) is 5.31. The summed E-state index contributed by atoms with van der Waals surface area (Å²) in [6, 6.07) is 7.38. The highest BCUT2D eigenvalue weighted by atomic mass is 16.3. The number of rotatable bonds is 9. The number of phenols is 1. The van der Waals surface area contributed by atoms with Crippen molar-refractivity contribution in [2.24, 2.45) is 5.73 Å². The standard InChI is InChI=1S/C16H26N2O2/c1-13(18-16(20)5-3-2-4-12-17)6-7-14-8-10-15(19)11-9-14/h8-11,13,19H,2-7,12,17H2,1H3,(H,18,20). The van der Waals surface area contributed by atoms with E-state index in [2.05, 4.69) is 5.32 Å². The van der Waals surface area contributed by atoms with E-state index in [1.165, 1.54) is 5.56 Å². The Hall–Kier alpha value is -1.55. The number of phenolic OH excluding ortho intramolecular Hbond substituents is 1. The van der Waals surface area contributed by atoms with Gasteiger partial charge in [-0.1, -0.05) is 18.6 Å². The molecular weight excluding hydrogens is 252 g/mol. The van der Waals surface area contributed by atoms with E-state index < -0.39 is 0 Å². The van der Waals surface area contributed by atoms with Crippen molar-refractivity contribution in [2.75, 3.05) is 6.54 Å². The maximum absolute atomic E-state index is 11.7. The van der Waals surface area contributed by atoms with Gasteiger partial charge in [0, 0.05) is 12.5 Å². The third-order valence-electron chi connectivity index (χ3n) is 3.32. The van der Waals surface area contributed by atoms with Crippen LogP contribution in [-0.2, 0) is 11.2 Å². The van der Waals surface area contributed by atoms with E-state index in [4.69, 9.17) is 5.73 Å². The Balaban J connectivity index is 2.17. The predicted molar refractivity (Wildman–Crippen MR) is 81.6 cm³/mol. The van der Waals surface area contributed by atoms with E-state index in [9.17, 15) is 9.90 Å². The number of aryl methyl sites for hydroxylation is 1. The average Bonchev–Trinajstić information content (AvgIpc) is 2.43. The molecule has 1 aromatic rings. The van der Waals surface area contributed by atoms with E-state index >= 15 is 0 Å².